The summed E-state index contributed by atoms with van der Waals surface area (Å²) in [6.07, 6.45) is 2.08. The number of carbonyl (C=O) groups is 1. The van der Waals surface area contributed by atoms with Gasteiger partial charge in [-0.05, 0) is 62.5 Å². The quantitative estimate of drug-likeness (QED) is 0.640. The minimum absolute atomic E-state index is 0.0971. The summed E-state index contributed by atoms with van der Waals surface area (Å²) in [6.45, 7) is 4.47. The Hall–Kier alpha value is -1.47. The zero-order chi connectivity index (χ0) is 18.8. The van der Waals surface area contributed by atoms with E-state index in [0.717, 1.165) is 36.5 Å². The van der Waals surface area contributed by atoms with E-state index < -0.39 is 0 Å². The molecule has 0 bridgehead atoms. The Kier molecular flexibility index (Phi) is 5.78. The topological polar surface area (TPSA) is 45.2 Å². The average Bonchev–Trinajstić information content (AvgIpc) is 3.35. The van der Waals surface area contributed by atoms with Gasteiger partial charge in [0.1, 0.15) is 0 Å². The first-order valence-electron chi connectivity index (χ1n) is 9.20. The number of thiophene rings is 1. The molecule has 0 aliphatic carbocycles. The van der Waals surface area contributed by atoms with Crippen molar-refractivity contribution in [2.75, 3.05) is 13.1 Å². The second-order valence-corrected chi connectivity index (χ2v) is 9.48. The van der Waals surface area contributed by atoms with Crippen molar-refractivity contribution in [1.82, 2.24) is 15.2 Å². The van der Waals surface area contributed by atoms with Crippen LogP contribution in [0.2, 0.25) is 5.02 Å². The highest BCUT2D eigenvalue weighted by Gasteiger charge is 2.28. The number of halogens is 1. The number of hydrogen-bond donors (Lipinski definition) is 1. The molecule has 1 N–H and O–H groups in total. The fourth-order valence-corrected chi connectivity index (χ4v) is 5.46. The van der Waals surface area contributed by atoms with Gasteiger partial charge < -0.3 is 5.32 Å². The van der Waals surface area contributed by atoms with Crippen molar-refractivity contribution in [2.45, 2.75) is 38.3 Å². The maximum absolute atomic E-state index is 12.5. The SMILES string of the molecule is CC(C(=O)NCc1cccs1)N1CCC(c2nc3cc(Cl)ccc3s2)CC1. The highest BCUT2D eigenvalue weighted by Crippen LogP contribution is 2.35. The van der Waals surface area contributed by atoms with Crippen LogP contribution in [0.3, 0.4) is 0 Å². The van der Waals surface area contributed by atoms with Gasteiger partial charge in [0.2, 0.25) is 5.91 Å². The van der Waals surface area contributed by atoms with Crippen LogP contribution < -0.4 is 5.32 Å². The predicted molar refractivity (Wildman–Crippen MR) is 114 cm³/mol. The second kappa shape index (κ2) is 8.27. The third kappa shape index (κ3) is 4.35. The normalized spacial score (nSPS) is 17.3. The van der Waals surface area contributed by atoms with Gasteiger partial charge in [0.05, 0.1) is 27.8 Å². The van der Waals surface area contributed by atoms with Crippen LogP contribution in [-0.2, 0) is 11.3 Å². The van der Waals surface area contributed by atoms with Crippen LogP contribution in [0.25, 0.3) is 10.2 Å². The largest absolute Gasteiger partial charge is 0.350 e. The minimum atomic E-state index is -0.0971. The molecule has 2 aromatic heterocycles. The van der Waals surface area contributed by atoms with Crippen LogP contribution in [0.1, 0.15) is 35.6 Å². The van der Waals surface area contributed by atoms with Crippen molar-refractivity contribution in [2.24, 2.45) is 0 Å². The summed E-state index contributed by atoms with van der Waals surface area (Å²) in [5.74, 6) is 0.579. The van der Waals surface area contributed by atoms with E-state index in [1.165, 1.54) is 14.6 Å². The molecule has 1 aromatic carbocycles. The molecule has 1 amide bonds. The number of nitrogens with zero attached hydrogens (tertiary/aromatic N) is 2. The molecule has 1 saturated heterocycles. The fraction of sp³-hybridized carbons (Fsp3) is 0.400. The van der Waals surface area contributed by atoms with Crippen LogP contribution in [0, 0.1) is 0 Å². The Labute approximate surface area is 172 Å². The van der Waals surface area contributed by atoms with Crippen LogP contribution in [0.5, 0.6) is 0 Å². The van der Waals surface area contributed by atoms with Crippen molar-refractivity contribution in [3.63, 3.8) is 0 Å². The number of thiazole rings is 1. The Morgan fingerprint density at radius 2 is 2.19 bits per heavy atom. The van der Waals surface area contributed by atoms with Crippen LogP contribution >= 0.6 is 34.3 Å². The number of nitrogens with one attached hydrogen (secondary N) is 1. The van der Waals surface area contributed by atoms with Gasteiger partial charge >= 0.3 is 0 Å². The molecule has 27 heavy (non-hydrogen) atoms. The first-order valence-corrected chi connectivity index (χ1v) is 11.3. The molecule has 142 valence electrons. The third-order valence-electron chi connectivity index (χ3n) is 5.19. The molecule has 7 heteroatoms. The highest BCUT2D eigenvalue weighted by molar-refractivity contribution is 7.18. The number of amides is 1. The first kappa shape index (κ1) is 18.9. The van der Waals surface area contributed by atoms with Crippen LogP contribution in [-0.4, -0.2) is 34.9 Å². The lowest BCUT2D eigenvalue weighted by molar-refractivity contribution is -0.126. The molecule has 3 heterocycles. The summed E-state index contributed by atoms with van der Waals surface area (Å²) in [6, 6.07) is 9.87. The highest BCUT2D eigenvalue weighted by atomic mass is 35.5. The Morgan fingerprint density at radius 1 is 1.37 bits per heavy atom. The average molecular weight is 420 g/mol. The molecule has 1 atom stereocenters. The molecule has 0 radical (unpaired) electrons. The molecular weight excluding hydrogens is 398 g/mol. The summed E-state index contributed by atoms with van der Waals surface area (Å²) >= 11 is 9.52. The first-order chi connectivity index (χ1) is 13.1. The molecule has 1 aliphatic heterocycles. The van der Waals surface area contributed by atoms with Crippen LogP contribution in [0.15, 0.2) is 35.7 Å². The zero-order valence-corrected chi connectivity index (χ0v) is 17.5. The maximum atomic E-state index is 12.5. The van der Waals surface area contributed by atoms with Crippen molar-refractivity contribution in [1.29, 1.82) is 0 Å². The Bertz CT molecular complexity index is 917. The number of rotatable bonds is 5. The minimum Gasteiger partial charge on any atom is -0.350 e. The molecule has 1 fully saturated rings. The molecular formula is C20H22ClN3OS2. The standard InChI is InChI=1S/C20H22ClN3OS2/c1-13(19(25)22-12-16-3-2-10-26-16)24-8-6-14(7-9-24)20-23-17-11-15(21)4-5-18(17)27-20/h2-5,10-11,13-14H,6-9,12H2,1H3,(H,22,25). The number of fused-ring (bicyclic) bond motifs is 1. The van der Waals surface area contributed by atoms with Gasteiger partial charge in [-0.1, -0.05) is 17.7 Å². The van der Waals surface area contributed by atoms with E-state index in [1.54, 1.807) is 22.7 Å². The van der Waals surface area contributed by atoms with Crippen molar-refractivity contribution < 1.29 is 4.79 Å². The number of benzene rings is 1. The van der Waals surface area contributed by atoms with Crippen molar-refractivity contribution >= 4 is 50.4 Å². The van der Waals surface area contributed by atoms with Crippen molar-refractivity contribution in [3.8, 4) is 0 Å². The lowest BCUT2D eigenvalue weighted by Crippen LogP contribution is -2.47. The van der Waals surface area contributed by atoms with Gasteiger partial charge in [-0.25, -0.2) is 4.98 Å². The zero-order valence-electron chi connectivity index (χ0n) is 15.2. The van der Waals surface area contributed by atoms with E-state index in [4.69, 9.17) is 16.6 Å². The molecule has 0 spiro atoms. The van der Waals surface area contributed by atoms with Gasteiger partial charge in [-0.3, -0.25) is 9.69 Å². The van der Waals surface area contributed by atoms with Gasteiger partial charge in [0.25, 0.3) is 0 Å². The Morgan fingerprint density at radius 3 is 2.93 bits per heavy atom. The van der Waals surface area contributed by atoms with E-state index in [-0.39, 0.29) is 11.9 Å². The summed E-state index contributed by atoms with van der Waals surface area (Å²) in [7, 11) is 0. The van der Waals surface area contributed by atoms with Gasteiger partial charge in [0.15, 0.2) is 0 Å². The lowest BCUT2D eigenvalue weighted by Gasteiger charge is -2.34. The molecule has 0 saturated carbocycles. The summed E-state index contributed by atoms with van der Waals surface area (Å²) in [5, 5.41) is 7.02. The molecule has 1 aliphatic rings. The number of hydrogen-bond acceptors (Lipinski definition) is 5. The molecule has 4 rings (SSSR count). The predicted octanol–water partition coefficient (Wildman–Crippen LogP) is 4.90. The van der Waals surface area contributed by atoms with Gasteiger partial charge in [-0.2, -0.15) is 0 Å². The van der Waals surface area contributed by atoms with E-state index in [9.17, 15) is 4.79 Å². The number of piperidine rings is 1. The second-order valence-electron chi connectivity index (χ2n) is 6.95. The monoisotopic (exact) mass is 419 g/mol. The number of likely N-dealkylation sites (tertiary alicyclic amines) is 1. The summed E-state index contributed by atoms with van der Waals surface area (Å²) < 4.78 is 1.19. The van der Waals surface area contributed by atoms with Gasteiger partial charge in [-0.15, -0.1) is 22.7 Å². The van der Waals surface area contributed by atoms with E-state index in [1.807, 2.05) is 42.6 Å². The van der Waals surface area contributed by atoms with Crippen LogP contribution in [0.4, 0.5) is 0 Å². The van der Waals surface area contributed by atoms with E-state index >= 15 is 0 Å². The summed E-state index contributed by atoms with van der Waals surface area (Å²) in [5.41, 5.74) is 0.992. The van der Waals surface area contributed by atoms with Crippen molar-refractivity contribution in [3.05, 3.63) is 50.6 Å². The maximum Gasteiger partial charge on any atom is 0.237 e. The number of carbonyl (C=O) groups excluding carboxylic acids is 1. The third-order valence-corrected chi connectivity index (χ3v) is 7.50. The smallest absolute Gasteiger partial charge is 0.237 e. The fourth-order valence-electron chi connectivity index (χ4n) is 3.53. The van der Waals surface area contributed by atoms with Gasteiger partial charge in [0, 0.05) is 15.8 Å². The lowest BCUT2D eigenvalue weighted by atomic mass is 9.96. The van der Waals surface area contributed by atoms with E-state index in [0.29, 0.717) is 12.5 Å². The molecule has 4 nitrogen and oxygen atoms in total. The molecule has 3 aromatic rings. The van der Waals surface area contributed by atoms with E-state index in [2.05, 4.69) is 10.2 Å². The summed E-state index contributed by atoms with van der Waals surface area (Å²) in [4.78, 5) is 20.7. The molecule has 1 unspecified atom stereocenters. The number of aromatic nitrogens is 1. The Balaban J connectivity index is 1.32.